The lowest BCUT2D eigenvalue weighted by atomic mass is 10.2. The van der Waals surface area contributed by atoms with E-state index in [1.807, 2.05) is 6.92 Å². The minimum Gasteiger partial charge on any atom is -0.356 e. The normalized spacial score (nSPS) is 14.3. The van der Waals surface area contributed by atoms with Crippen molar-refractivity contribution in [2.24, 2.45) is 4.99 Å². The Morgan fingerprint density at radius 1 is 1.41 bits per heavy atom. The van der Waals surface area contributed by atoms with Gasteiger partial charge in [0.15, 0.2) is 5.96 Å². The lowest BCUT2D eigenvalue weighted by molar-refractivity contribution is 0.863. The third-order valence-corrected chi connectivity index (χ3v) is 4.60. The quantitative estimate of drug-likeness (QED) is 0.696. The molecule has 0 saturated heterocycles. The smallest absolute Gasteiger partial charge is 0.198 e. The highest BCUT2D eigenvalue weighted by atomic mass is 32.1. The van der Waals surface area contributed by atoms with Gasteiger partial charge in [-0.3, -0.25) is 4.99 Å². The summed E-state index contributed by atoms with van der Waals surface area (Å²) in [5, 5.41) is 6.67. The lowest BCUT2D eigenvalue weighted by Gasteiger charge is -2.22. The number of nitrogens with zero attached hydrogens (tertiary/aromatic N) is 3. The zero-order valence-electron chi connectivity index (χ0n) is 13.2. The first-order valence-electron chi connectivity index (χ1n) is 7.82. The first-order chi connectivity index (χ1) is 10.8. The summed E-state index contributed by atoms with van der Waals surface area (Å²) in [4.78, 5) is 11.6. The van der Waals surface area contributed by atoms with Gasteiger partial charge in [-0.05, 0) is 31.9 Å². The SMILES string of the molecule is CCNC(=NCCc1csc(C)n1)N1CCc2ccccc21. The molecule has 0 bridgehead atoms. The standard InChI is InChI=1S/C17H22N4S/c1-3-18-17(19-10-8-15-12-22-13(2)20-15)21-11-9-14-6-4-5-7-16(14)21/h4-7,12H,3,8-11H2,1-2H3,(H,18,19). The molecule has 1 aromatic carbocycles. The van der Waals surface area contributed by atoms with Gasteiger partial charge in [-0.15, -0.1) is 11.3 Å². The highest BCUT2D eigenvalue weighted by Gasteiger charge is 2.22. The van der Waals surface area contributed by atoms with E-state index in [-0.39, 0.29) is 0 Å². The molecule has 0 radical (unpaired) electrons. The Morgan fingerprint density at radius 2 is 2.27 bits per heavy atom. The number of benzene rings is 1. The summed E-state index contributed by atoms with van der Waals surface area (Å²) in [6, 6.07) is 8.59. The van der Waals surface area contributed by atoms with Crippen LogP contribution in [0.2, 0.25) is 0 Å². The van der Waals surface area contributed by atoms with Gasteiger partial charge in [0, 0.05) is 37.1 Å². The molecule has 0 spiro atoms. The van der Waals surface area contributed by atoms with Gasteiger partial charge in [0.05, 0.1) is 10.7 Å². The molecule has 2 heterocycles. The van der Waals surface area contributed by atoms with Crippen LogP contribution in [0.15, 0.2) is 34.6 Å². The van der Waals surface area contributed by atoms with Crippen molar-refractivity contribution in [2.75, 3.05) is 24.5 Å². The Balaban J connectivity index is 1.71. The maximum atomic E-state index is 4.79. The fraction of sp³-hybridized carbons (Fsp3) is 0.412. The van der Waals surface area contributed by atoms with Crippen LogP contribution in [0.25, 0.3) is 0 Å². The van der Waals surface area contributed by atoms with Gasteiger partial charge in [-0.2, -0.15) is 0 Å². The molecule has 3 rings (SSSR count). The van der Waals surface area contributed by atoms with E-state index in [1.54, 1.807) is 11.3 Å². The Labute approximate surface area is 135 Å². The number of hydrogen-bond acceptors (Lipinski definition) is 3. The molecule has 1 aliphatic rings. The van der Waals surface area contributed by atoms with Gasteiger partial charge in [0.25, 0.3) is 0 Å². The lowest BCUT2D eigenvalue weighted by Crippen LogP contribution is -2.40. The second-order valence-electron chi connectivity index (χ2n) is 5.37. The maximum Gasteiger partial charge on any atom is 0.198 e. The van der Waals surface area contributed by atoms with E-state index < -0.39 is 0 Å². The first-order valence-corrected chi connectivity index (χ1v) is 8.70. The minimum absolute atomic E-state index is 0.768. The second-order valence-corrected chi connectivity index (χ2v) is 6.44. The molecule has 5 heteroatoms. The van der Waals surface area contributed by atoms with Crippen LogP contribution >= 0.6 is 11.3 Å². The van der Waals surface area contributed by atoms with Crippen molar-refractivity contribution in [1.82, 2.24) is 10.3 Å². The Bertz CT molecular complexity index is 662. The van der Waals surface area contributed by atoms with Crippen molar-refractivity contribution in [1.29, 1.82) is 0 Å². The van der Waals surface area contributed by atoms with E-state index in [2.05, 4.69) is 51.8 Å². The monoisotopic (exact) mass is 314 g/mol. The molecule has 0 saturated carbocycles. The molecule has 0 unspecified atom stereocenters. The average molecular weight is 314 g/mol. The van der Waals surface area contributed by atoms with Crippen molar-refractivity contribution in [2.45, 2.75) is 26.7 Å². The topological polar surface area (TPSA) is 40.5 Å². The summed E-state index contributed by atoms with van der Waals surface area (Å²) < 4.78 is 0. The molecule has 0 aliphatic carbocycles. The van der Waals surface area contributed by atoms with Gasteiger partial charge < -0.3 is 10.2 Å². The molecule has 1 aromatic heterocycles. The van der Waals surface area contributed by atoms with Crippen LogP contribution in [0.3, 0.4) is 0 Å². The van der Waals surface area contributed by atoms with Crippen LogP contribution in [0.5, 0.6) is 0 Å². The zero-order chi connectivity index (χ0) is 15.4. The maximum absolute atomic E-state index is 4.79. The van der Waals surface area contributed by atoms with E-state index in [1.165, 1.54) is 11.3 Å². The molecule has 116 valence electrons. The summed E-state index contributed by atoms with van der Waals surface area (Å²) in [5.74, 6) is 0.986. The fourth-order valence-corrected chi connectivity index (χ4v) is 3.40. The van der Waals surface area contributed by atoms with E-state index in [0.29, 0.717) is 0 Å². The average Bonchev–Trinajstić information content (AvgIpc) is 3.13. The van der Waals surface area contributed by atoms with E-state index in [9.17, 15) is 0 Å². The molecule has 1 N–H and O–H groups in total. The second kappa shape index (κ2) is 6.92. The minimum atomic E-state index is 0.768. The fourth-order valence-electron chi connectivity index (χ4n) is 2.75. The van der Waals surface area contributed by atoms with E-state index in [0.717, 1.165) is 49.1 Å². The highest BCUT2D eigenvalue weighted by Crippen LogP contribution is 2.27. The number of anilines is 1. The Kier molecular flexibility index (Phi) is 4.73. The molecule has 0 amide bonds. The largest absolute Gasteiger partial charge is 0.356 e. The number of aliphatic imine (C=N–C) groups is 1. The van der Waals surface area contributed by atoms with E-state index in [4.69, 9.17) is 4.99 Å². The van der Waals surface area contributed by atoms with Crippen molar-refractivity contribution < 1.29 is 0 Å². The number of rotatable bonds is 4. The molecule has 4 nitrogen and oxygen atoms in total. The number of aromatic nitrogens is 1. The van der Waals surface area contributed by atoms with Gasteiger partial charge >= 0.3 is 0 Å². The summed E-state index contributed by atoms with van der Waals surface area (Å²) in [5.41, 5.74) is 3.83. The predicted octanol–water partition coefficient (Wildman–Crippen LogP) is 3.02. The van der Waals surface area contributed by atoms with Crippen LogP contribution in [0, 0.1) is 6.92 Å². The van der Waals surface area contributed by atoms with Crippen LogP contribution in [-0.4, -0.2) is 30.6 Å². The Hall–Kier alpha value is -1.88. The predicted molar refractivity (Wildman–Crippen MR) is 94.0 cm³/mol. The molecule has 0 fully saturated rings. The van der Waals surface area contributed by atoms with Gasteiger partial charge in [-0.1, -0.05) is 18.2 Å². The van der Waals surface area contributed by atoms with Crippen LogP contribution in [0.4, 0.5) is 5.69 Å². The number of nitrogens with one attached hydrogen (secondary N) is 1. The van der Waals surface area contributed by atoms with Crippen LogP contribution < -0.4 is 10.2 Å². The number of fused-ring (bicyclic) bond motifs is 1. The Morgan fingerprint density at radius 3 is 3.05 bits per heavy atom. The van der Waals surface area contributed by atoms with Crippen LogP contribution in [0.1, 0.15) is 23.2 Å². The summed E-state index contributed by atoms with van der Waals surface area (Å²) in [6.45, 7) is 6.81. The number of guanidine groups is 1. The van der Waals surface area contributed by atoms with Gasteiger partial charge in [-0.25, -0.2) is 4.98 Å². The molecule has 0 atom stereocenters. The van der Waals surface area contributed by atoms with Crippen molar-refractivity contribution >= 4 is 23.0 Å². The molecule has 2 aromatic rings. The summed E-state index contributed by atoms with van der Waals surface area (Å²) in [7, 11) is 0. The van der Waals surface area contributed by atoms with E-state index >= 15 is 0 Å². The zero-order valence-corrected chi connectivity index (χ0v) is 14.0. The van der Waals surface area contributed by atoms with Gasteiger partial charge in [0.1, 0.15) is 0 Å². The summed E-state index contributed by atoms with van der Waals surface area (Å²) in [6.07, 6.45) is 1.99. The first kappa shape index (κ1) is 15.0. The molecular weight excluding hydrogens is 292 g/mol. The number of thiazole rings is 1. The van der Waals surface area contributed by atoms with Gasteiger partial charge in [0.2, 0.25) is 0 Å². The third kappa shape index (κ3) is 3.30. The summed E-state index contributed by atoms with van der Waals surface area (Å²) >= 11 is 1.70. The van der Waals surface area contributed by atoms with Crippen LogP contribution in [-0.2, 0) is 12.8 Å². The molecular formula is C17H22N4S. The van der Waals surface area contributed by atoms with Crippen molar-refractivity contribution in [3.05, 3.63) is 45.9 Å². The highest BCUT2D eigenvalue weighted by molar-refractivity contribution is 7.09. The number of hydrogen-bond donors (Lipinski definition) is 1. The van der Waals surface area contributed by atoms with Crippen molar-refractivity contribution in [3.8, 4) is 0 Å². The molecule has 22 heavy (non-hydrogen) atoms. The third-order valence-electron chi connectivity index (χ3n) is 3.77. The number of para-hydroxylation sites is 1. The van der Waals surface area contributed by atoms with Crippen molar-refractivity contribution in [3.63, 3.8) is 0 Å². The number of aryl methyl sites for hydroxylation is 1. The molecule has 1 aliphatic heterocycles.